The molecule has 1 unspecified atom stereocenters. The Kier molecular flexibility index (Phi) is 4.66. The molecule has 1 N–H and O–H groups in total. The number of carbonyl (C=O) groups excluding carboxylic acids is 1. The van der Waals surface area contributed by atoms with E-state index in [2.05, 4.69) is 0 Å². The van der Waals surface area contributed by atoms with Crippen molar-refractivity contribution in [3.05, 3.63) is 29.3 Å². The van der Waals surface area contributed by atoms with E-state index in [0.29, 0.717) is 18.5 Å². The number of rotatable bonds is 6. The van der Waals surface area contributed by atoms with Crippen molar-refractivity contribution >= 4 is 12.3 Å². The van der Waals surface area contributed by atoms with Crippen LogP contribution in [0.3, 0.4) is 0 Å². The van der Waals surface area contributed by atoms with Crippen LogP contribution in [0.15, 0.2) is 18.2 Å². The summed E-state index contributed by atoms with van der Waals surface area (Å²) in [5, 5.41) is 9.00. The molecular weight excluding hydrogens is 224 g/mol. The van der Waals surface area contributed by atoms with E-state index in [4.69, 9.17) is 14.6 Å². The van der Waals surface area contributed by atoms with Gasteiger partial charge in [-0.2, -0.15) is 0 Å². The number of carboxylic acid groups (broad SMARTS) is 1. The second-order valence-electron chi connectivity index (χ2n) is 3.33. The van der Waals surface area contributed by atoms with Crippen molar-refractivity contribution in [2.45, 2.75) is 20.1 Å². The molecule has 0 aliphatic heterocycles. The zero-order valence-electron chi connectivity index (χ0n) is 9.67. The molecule has 0 radical (unpaired) electrons. The first-order valence-electron chi connectivity index (χ1n) is 5.16. The van der Waals surface area contributed by atoms with Crippen LogP contribution in [0.2, 0.25) is 0 Å². The third-order valence-corrected chi connectivity index (χ3v) is 2.12. The molecule has 0 saturated carbocycles. The van der Waals surface area contributed by atoms with Crippen molar-refractivity contribution in [1.29, 1.82) is 0 Å². The molecule has 0 bridgehead atoms. The van der Waals surface area contributed by atoms with Crippen LogP contribution < -0.4 is 4.74 Å². The predicted octanol–water partition coefficient (Wildman–Crippen LogP) is 1.63. The zero-order chi connectivity index (χ0) is 12.8. The highest BCUT2D eigenvalue weighted by Crippen LogP contribution is 2.24. The third kappa shape index (κ3) is 3.29. The average molecular weight is 238 g/mol. The van der Waals surface area contributed by atoms with Gasteiger partial charge in [-0.1, -0.05) is 12.1 Å². The standard InChI is InChI=1S/C12H14O5/c1-3-16-10(7-13)17-11-8(2)5-4-6-9(11)12(14)15/h4-7,10H,3H2,1-2H3,(H,14,15). The van der Waals surface area contributed by atoms with E-state index in [-0.39, 0.29) is 11.3 Å². The van der Waals surface area contributed by atoms with E-state index < -0.39 is 12.3 Å². The van der Waals surface area contributed by atoms with Crippen molar-refractivity contribution in [3.63, 3.8) is 0 Å². The second kappa shape index (κ2) is 6.00. The number of carbonyl (C=O) groups is 2. The van der Waals surface area contributed by atoms with Crippen molar-refractivity contribution < 1.29 is 24.2 Å². The van der Waals surface area contributed by atoms with E-state index >= 15 is 0 Å². The van der Waals surface area contributed by atoms with Gasteiger partial charge in [0.25, 0.3) is 6.29 Å². The van der Waals surface area contributed by atoms with Gasteiger partial charge in [-0.15, -0.1) is 0 Å². The van der Waals surface area contributed by atoms with Crippen LogP contribution in [0.5, 0.6) is 5.75 Å². The first kappa shape index (κ1) is 13.2. The lowest BCUT2D eigenvalue weighted by molar-refractivity contribution is -0.136. The lowest BCUT2D eigenvalue weighted by Crippen LogP contribution is -2.23. The summed E-state index contributed by atoms with van der Waals surface area (Å²) in [6, 6.07) is 4.73. The highest BCUT2D eigenvalue weighted by atomic mass is 16.7. The molecular formula is C12H14O5. The van der Waals surface area contributed by atoms with Crippen molar-refractivity contribution in [1.82, 2.24) is 0 Å². The van der Waals surface area contributed by atoms with Crippen LogP contribution in [-0.2, 0) is 9.53 Å². The number of aromatic carboxylic acids is 1. The Bertz CT molecular complexity index is 413. The molecule has 0 fully saturated rings. The van der Waals surface area contributed by atoms with Gasteiger partial charge >= 0.3 is 5.97 Å². The largest absolute Gasteiger partial charge is 0.478 e. The molecule has 0 aliphatic rings. The summed E-state index contributed by atoms with van der Waals surface area (Å²) < 4.78 is 10.3. The minimum Gasteiger partial charge on any atom is -0.478 e. The maximum absolute atomic E-state index is 11.0. The molecule has 92 valence electrons. The van der Waals surface area contributed by atoms with Crippen molar-refractivity contribution in [2.75, 3.05) is 6.61 Å². The average Bonchev–Trinajstić information content (AvgIpc) is 2.30. The van der Waals surface area contributed by atoms with Crippen LogP contribution in [0.4, 0.5) is 0 Å². The Balaban J connectivity index is 3.03. The Labute approximate surface area is 99.0 Å². The van der Waals surface area contributed by atoms with E-state index in [1.807, 2.05) is 0 Å². The lowest BCUT2D eigenvalue weighted by Gasteiger charge is -2.16. The van der Waals surface area contributed by atoms with E-state index in [0.717, 1.165) is 0 Å². The summed E-state index contributed by atoms with van der Waals surface area (Å²) in [7, 11) is 0. The van der Waals surface area contributed by atoms with Crippen LogP contribution in [0.1, 0.15) is 22.8 Å². The van der Waals surface area contributed by atoms with Gasteiger partial charge < -0.3 is 14.6 Å². The molecule has 0 amide bonds. The lowest BCUT2D eigenvalue weighted by atomic mass is 10.1. The Morgan fingerprint density at radius 1 is 1.53 bits per heavy atom. The van der Waals surface area contributed by atoms with Crippen LogP contribution in [-0.4, -0.2) is 30.3 Å². The molecule has 5 nitrogen and oxygen atoms in total. The van der Waals surface area contributed by atoms with E-state index in [9.17, 15) is 9.59 Å². The van der Waals surface area contributed by atoms with Crippen LogP contribution in [0.25, 0.3) is 0 Å². The Hall–Kier alpha value is -1.88. The maximum Gasteiger partial charge on any atom is 0.339 e. The highest BCUT2D eigenvalue weighted by molar-refractivity contribution is 5.91. The quantitative estimate of drug-likeness (QED) is 0.602. The SMILES string of the molecule is CCOC(C=O)Oc1c(C)cccc1C(=O)O. The van der Waals surface area contributed by atoms with E-state index in [1.54, 1.807) is 26.0 Å². The molecule has 1 rings (SSSR count). The fourth-order valence-corrected chi connectivity index (χ4v) is 1.36. The van der Waals surface area contributed by atoms with Gasteiger partial charge in [0.2, 0.25) is 0 Å². The summed E-state index contributed by atoms with van der Waals surface area (Å²) >= 11 is 0. The molecule has 17 heavy (non-hydrogen) atoms. The Morgan fingerprint density at radius 2 is 2.24 bits per heavy atom. The molecule has 0 saturated heterocycles. The fourth-order valence-electron chi connectivity index (χ4n) is 1.36. The minimum atomic E-state index is -1.11. The van der Waals surface area contributed by atoms with Gasteiger partial charge in [0.05, 0.1) is 0 Å². The topological polar surface area (TPSA) is 72.8 Å². The predicted molar refractivity (Wildman–Crippen MR) is 60.2 cm³/mol. The van der Waals surface area contributed by atoms with Crippen LogP contribution in [0, 0.1) is 6.92 Å². The number of hydrogen-bond acceptors (Lipinski definition) is 4. The summed E-state index contributed by atoms with van der Waals surface area (Å²) in [5.41, 5.74) is 0.646. The molecule has 0 spiro atoms. The number of aryl methyl sites for hydroxylation is 1. The number of ether oxygens (including phenoxy) is 2. The van der Waals surface area contributed by atoms with Gasteiger partial charge in [0.15, 0.2) is 6.29 Å². The molecule has 1 atom stereocenters. The monoisotopic (exact) mass is 238 g/mol. The molecule has 0 heterocycles. The molecule has 0 aliphatic carbocycles. The van der Waals surface area contributed by atoms with Gasteiger partial charge in [0.1, 0.15) is 11.3 Å². The van der Waals surface area contributed by atoms with Crippen molar-refractivity contribution in [3.8, 4) is 5.75 Å². The minimum absolute atomic E-state index is 0.0107. The number of aldehydes is 1. The summed E-state index contributed by atoms with van der Waals surface area (Å²) in [5.74, 6) is -0.949. The zero-order valence-corrected chi connectivity index (χ0v) is 9.67. The first-order chi connectivity index (χ1) is 8.10. The third-order valence-electron chi connectivity index (χ3n) is 2.12. The Morgan fingerprint density at radius 3 is 2.76 bits per heavy atom. The molecule has 0 aromatic heterocycles. The molecule has 1 aromatic carbocycles. The number of para-hydroxylation sites is 1. The summed E-state index contributed by atoms with van der Waals surface area (Å²) in [6.45, 7) is 3.73. The van der Waals surface area contributed by atoms with Gasteiger partial charge in [-0.25, -0.2) is 4.79 Å². The molecule has 1 aromatic rings. The van der Waals surface area contributed by atoms with Crippen molar-refractivity contribution in [2.24, 2.45) is 0 Å². The number of carboxylic acids is 1. The van der Waals surface area contributed by atoms with Gasteiger partial charge in [-0.3, -0.25) is 4.79 Å². The summed E-state index contributed by atoms with van der Waals surface area (Å²) in [4.78, 5) is 21.7. The van der Waals surface area contributed by atoms with Gasteiger partial charge in [0, 0.05) is 6.61 Å². The summed E-state index contributed by atoms with van der Waals surface area (Å²) in [6.07, 6.45) is -0.596. The second-order valence-corrected chi connectivity index (χ2v) is 3.33. The first-order valence-corrected chi connectivity index (χ1v) is 5.16. The fraction of sp³-hybridized carbons (Fsp3) is 0.333. The smallest absolute Gasteiger partial charge is 0.339 e. The maximum atomic E-state index is 11.0. The normalized spacial score (nSPS) is 11.9. The van der Waals surface area contributed by atoms with Gasteiger partial charge in [-0.05, 0) is 25.5 Å². The highest BCUT2D eigenvalue weighted by Gasteiger charge is 2.17. The van der Waals surface area contributed by atoms with E-state index in [1.165, 1.54) is 6.07 Å². The number of hydrogen-bond donors (Lipinski definition) is 1. The number of benzene rings is 1. The molecule has 5 heteroatoms. The van der Waals surface area contributed by atoms with Crippen LogP contribution >= 0.6 is 0 Å².